The summed E-state index contributed by atoms with van der Waals surface area (Å²) in [6.07, 6.45) is -4.21. The predicted octanol–water partition coefficient (Wildman–Crippen LogP) is 0.655. The Balaban J connectivity index is 1.64. The van der Waals surface area contributed by atoms with Gasteiger partial charge >= 0.3 is 5.69 Å². The number of aromatic amines is 2. The van der Waals surface area contributed by atoms with Crippen LogP contribution in [0.3, 0.4) is 0 Å². The first-order valence-corrected chi connectivity index (χ1v) is 8.55. The molecule has 0 spiro atoms. The highest BCUT2D eigenvalue weighted by Crippen LogP contribution is 2.33. The van der Waals surface area contributed by atoms with E-state index in [-0.39, 0.29) is 5.69 Å². The van der Waals surface area contributed by atoms with Gasteiger partial charge in [-0.05, 0) is 32.0 Å². The Kier molecular flexibility index (Phi) is 4.19. The Morgan fingerprint density at radius 2 is 1.96 bits per heavy atom. The maximum atomic E-state index is 11.4. The van der Waals surface area contributed by atoms with Gasteiger partial charge in [0.2, 0.25) is 6.29 Å². The Morgan fingerprint density at radius 3 is 2.70 bits per heavy atom. The first kappa shape index (κ1) is 17.9. The number of ether oxygens (including phenoxy) is 3. The average molecular weight is 375 g/mol. The van der Waals surface area contributed by atoms with Crippen molar-refractivity contribution in [1.82, 2.24) is 15.0 Å². The third-order valence-corrected chi connectivity index (χ3v) is 4.82. The number of nitrogens with zero attached hydrogens (tertiary/aromatic N) is 1. The van der Waals surface area contributed by atoms with Gasteiger partial charge in [-0.15, -0.1) is 0 Å². The number of hydrogen-bond donors (Lipinski definition) is 4. The molecule has 0 amide bonds. The van der Waals surface area contributed by atoms with Gasteiger partial charge in [-0.25, -0.2) is 9.78 Å². The van der Waals surface area contributed by atoms with Crippen LogP contribution >= 0.6 is 0 Å². The summed E-state index contributed by atoms with van der Waals surface area (Å²) in [5, 5.41) is 21.5. The van der Waals surface area contributed by atoms with E-state index in [1.165, 1.54) is 7.11 Å². The van der Waals surface area contributed by atoms with E-state index in [2.05, 4.69) is 15.0 Å². The molecule has 0 aliphatic carbocycles. The van der Waals surface area contributed by atoms with Crippen molar-refractivity contribution in [3.63, 3.8) is 0 Å². The third kappa shape index (κ3) is 3.08. The molecular formula is C18H21N3O6. The van der Waals surface area contributed by atoms with Gasteiger partial charge in [0.1, 0.15) is 24.1 Å². The minimum atomic E-state index is -1.28. The number of pyridine rings is 1. The normalized spacial score (nSPS) is 27.9. The second-order valence-corrected chi connectivity index (χ2v) is 7.16. The Hall–Kier alpha value is -2.46. The zero-order valence-electron chi connectivity index (χ0n) is 15.1. The molecule has 4 rings (SSSR count). The summed E-state index contributed by atoms with van der Waals surface area (Å²) >= 11 is 0. The van der Waals surface area contributed by atoms with Crippen molar-refractivity contribution >= 4 is 22.1 Å². The van der Waals surface area contributed by atoms with Crippen molar-refractivity contribution in [2.75, 3.05) is 7.11 Å². The lowest BCUT2D eigenvalue weighted by atomic mass is 9.89. The monoisotopic (exact) mass is 375 g/mol. The number of rotatable bonds is 3. The number of nitrogens with one attached hydrogen (secondary N) is 2. The zero-order valence-corrected chi connectivity index (χ0v) is 15.1. The second-order valence-electron chi connectivity index (χ2n) is 7.16. The van der Waals surface area contributed by atoms with Crippen LogP contribution in [0.1, 0.15) is 13.8 Å². The smallest absolute Gasteiger partial charge is 0.325 e. The fourth-order valence-corrected chi connectivity index (χ4v) is 3.51. The Bertz CT molecular complexity index is 1040. The van der Waals surface area contributed by atoms with Gasteiger partial charge in [-0.1, -0.05) is 0 Å². The van der Waals surface area contributed by atoms with Crippen LogP contribution in [-0.4, -0.2) is 62.5 Å². The Labute approximate surface area is 153 Å². The molecule has 2 aromatic heterocycles. The highest BCUT2D eigenvalue weighted by molar-refractivity contribution is 5.89. The van der Waals surface area contributed by atoms with Gasteiger partial charge in [-0.2, -0.15) is 0 Å². The summed E-state index contributed by atoms with van der Waals surface area (Å²) in [7, 11) is 1.45. The van der Waals surface area contributed by atoms with Crippen LogP contribution in [0.5, 0.6) is 5.75 Å². The van der Waals surface area contributed by atoms with Crippen LogP contribution in [0.2, 0.25) is 0 Å². The lowest BCUT2D eigenvalue weighted by Crippen LogP contribution is -2.63. The van der Waals surface area contributed by atoms with Crippen LogP contribution in [0.15, 0.2) is 29.1 Å². The standard InChI is InChI=1S/C18H21N3O6/c1-18(2)14(25-3)12(22)13(23)16(27-18)26-9-5-4-8-6-11-15(19-10(8)7-9)21-17(24)20-11/h4-7,12-14,16,22-23H,1-3H3,(H2,19,20,21,24)/t12-,13-,14+,16?/m0/s1. The summed E-state index contributed by atoms with van der Waals surface area (Å²) in [4.78, 5) is 21.1. The molecule has 9 heteroatoms. The summed E-state index contributed by atoms with van der Waals surface area (Å²) in [6.45, 7) is 3.51. The number of aromatic nitrogens is 3. The molecule has 4 atom stereocenters. The highest BCUT2D eigenvalue weighted by Gasteiger charge is 2.50. The topological polar surface area (TPSA) is 130 Å². The Morgan fingerprint density at radius 1 is 1.19 bits per heavy atom. The van der Waals surface area contributed by atoms with E-state index in [9.17, 15) is 15.0 Å². The summed E-state index contributed by atoms with van der Waals surface area (Å²) in [5.41, 5.74) is 0.479. The molecule has 0 bridgehead atoms. The van der Waals surface area contributed by atoms with Gasteiger partial charge in [0.05, 0.1) is 16.6 Å². The number of hydrogen-bond acceptors (Lipinski definition) is 7. The number of aliphatic hydroxyl groups excluding tert-OH is 2. The van der Waals surface area contributed by atoms with Gasteiger partial charge in [0, 0.05) is 18.6 Å². The molecule has 9 nitrogen and oxygen atoms in total. The first-order chi connectivity index (χ1) is 12.8. The molecule has 4 N–H and O–H groups in total. The molecule has 27 heavy (non-hydrogen) atoms. The molecule has 144 valence electrons. The lowest BCUT2D eigenvalue weighted by Gasteiger charge is -2.46. The van der Waals surface area contributed by atoms with E-state index in [4.69, 9.17) is 14.2 Å². The van der Waals surface area contributed by atoms with Crippen molar-refractivity contribution in [3.05, 3.63) is 34.7 Å². The molecule has 3 heterocycles. The van der Waals surface area contributed by atoms with E-state index >= 15 is 0 Å². The van der Waals surface area contributed by atoms with Crippen LogP contribution in [0, 0.1) is 0 Å². The highest BCUT2D eigenvalue weighted by atomic mass is 16.7. The number of benzene rings is 1. The first-order valence-electron chi connectivity index (χ1n) is 8.55. The van der Waals surface area contributed by atoms with Gasteiger partial charge in [-0.3, -0.25) is 4.98 Å². The number of aliphatic hydroxyl groups is 2. The molecule has 1 unspecified atom stereocenters. The SMILES string of the molecule is CO[C@@H]1[C@@H](O)[C@H](O)C(Oc2ccc3cc4[nH]c(=O)[nH]c4nc3c2)OC1(C)C. The maximum absolute atomic E-state index is 11.4. The molecule has 0 saturated carbocycles. The van der Waals surface area contributed by atoms with Crippen LogP contribution in [0.4, 0.5) is 0 Å². The van der Waals surface area contributed by atoms with Crippen molar-refractivity contribution in [3.8, 4) is 5.75 Å². The van der Waals surface area contributed by atoms with E-state index in [1.54, 1.807) is 38.1 Å². The summed E-state index contributed by atoms with van der Waals surface area (Å²) < 4.78 is 16.9. The average Bonchev–Trinajstić information content (AvgIpc) is 2.96. The molecule has 1 aliphatic heterocycles. The lowest BCUT2D eigenvalue weighted by molar-refractivity contribution is -0.305. The van der Waals surface area contributed by atoms with Crippen LogP contribution < -0.4 is 10.4 Å². The summed E-state index contributed by atoms with van der Waals surface area (Å²) in [6, 6.07) is 6.98. The van der Waals surface area contributed by atoms with E-state index in [1.807, 2.05) is 0 Å². The van der Waals surface area contributed by atoms with Gasteiger partial charge in [0.25, 0.3) is 0 Å². The fourth-order valence-electron chi connectivity index (χ4n) is 3.51. The van der Waals surface area contributed by atoms with E-state index in [0.29, 0.717) is 22.4 Å². The van der Waals surface area contributed by atoms with Crippen molar-refractivity contribution < 1.29 is 24.4 Å². The minimum Gasteiger partial charge on any atom is -0.462 e. The maximum Gasteiger partial charge on any atom is 0.325 e. The summed E-state index contributed by atoms with van der Waals surface area (Å²) in [5.74, 6) is 0.412. The van der Waals surface area contributed by atoms with Crippen molar-refractivity contribution in [2.24, 2.45) is 0 Å². The molecule has 1 fully saturated rings. The number of imidazole rings is 1. The van der Waals surface area contributed by atoms with Crippen LogP contribution in [-0.2, 0) is 9.47 Å². The minimum absolute atomic E-state index is 0.327. The number of methoxy groups -OCH3 is 1. The third-order valence-electron chi connectivity index (χ3n) is 4.82. The predicted molar refractivity (Wildman–Crippen MR) is 96.6 cm³/mol. The fraction of sp³-hybridized carbons (Fsp3) is 0.444. The number of H-pyrrole nitrogens is 2. The van der Waals surface area contributed by atoms with Gasteiger partial charge < -0.3 is 29.4 Å². The van der Waals surface area contributed by atoms with E-state index < -0.39 is 30.2 Å². The molecule has 1 aliphatic rings. The quantitative estimate of drug-likeness (QED) is 0.529. The zero-order chi connectivity index (χ0) is 19.3. The van der Waals surface area contributed by atoms with E-state index in [0.717, 1.165) is 5.39 Å². The van der Waals surface area contributed by atoms with Crippen LogP contribution in [0.25, 0.3) is 22.1 Å². The largest absolute Gasteiger partial charge is 0.462 e. The number of fused-ring (bicyclic) bond motifs is 2. The molecule has 3 aromatic rings. The second kappa shape index (κ2) is 6.31. The van der Waals surface area contributed by atoms with Crippen molar-refractivity contribution in [2.45, 2.75) is 44.1 Å². The molecular weight excluding hydrogens is 354 g/mol. The molecule has 1 aromatic carbocycles. The molecule has 1 saturated heterocycles. The molecule has 0 radical (unpaired) electrons. The van der Waals surface area contributed by atoms with Gasteiger partial charge in [0.15, 0.2) is 5.65 Å². The van der Waals surface area contributed by atoms with Crippen molar-refractivity contribution in [1.29, 1.82) is 0 Å².